The van der Waals surface area contributed by atoms with Crippen molar-refractivity contribution in [2.24, 2.45) is 0 Å². The third kappa shape index (κ3) is 3.48. The summed E-state index contributed by atoms with van der Waals surface area (Å²) in [5.41, 5.74) is -0.00217. The van der Waals surface area contributed by atoms with Crippen LogP contribution in [-0.2, 0) is 0 Å². The molecule has 1 aliphatic carbocycles. The molecule has 0 aromatic rings. The molecule has 1 aliphatic heterocycles. The van der Waals surface area contributed by atoms with Crippen LogP contribution in [0.5, 0.6) is 0 Å². The van der Waals surface area contributed by atoms with Gasteiger partial charge in [-0.2, -0.15) is 0 Å². The maximum absolute atomic E-state index is 9.69. The molecule has 0 aromatic carbocycles. The average molecular weight is 269 g/mol. The summed E-state index contributed by atoms with van der Waals surface area (Å²) in [6.45, 7) is 5.82. The molecule has 2 fully saturated rings. The molecule has 4 nitrogen and oxygen atoms in total. The van der Waals surface area contributed by atoms with Crippen molar-refractivity contribution >= 4 is 0 Å². The number of hydrogen-bond acceptors (Lipinski definition) is 4. The number of nitrogens with one attached hydrogen (secondary N) is 1. The standard InChI is InChI=1S/C15H31N3O/c1-4-16-15(12-19)8-5-14(11-15)18-9-6-13(7-10-18)17(2)3/h13-14,16,19H,4-12H2,1-3H3. The fraction of sp³-hybridized carbons (Fsp3) is 1.00. The summed E-state index contributed by atoms with van der Waals surface area (Å²) in [4.78, 5) is 5.03. The van der Waals surface area contributed by atoms with Crippen LogP contribution in [0.3, 0.4) is 0 Å². The van der Waals surface area contributed by atoms with Crippen LogP contribution in [0.4, 0.5) is 0 Å². The van der Waals surface area contributed by atoms with Crippen LogP contribution in [-0.4, -0.2) is 72.9 Å². The molecule has 1 saturated heterocycles. The highest BCUT2D eigenvalue weighted by atomic mass is 16.3. The van der Waals surface area contributed by atoms with Gasteiger partial charge in [0, 0.05) is 17.6 Å². The first-order valence-corrected chi connectivity index (χ1v) is 7.86. The highest BCUT2D eigenvalue weighted by molar-refractivity contribution is 5.00. The lowest BCUT2D eigenvalue weighted by atomic mass is 9.97. The van der Waals surface area contributed by atoms with Gasteiger partial charge >= 0.3 is 0 Å². The van der Waals surface area contributed by atoms with E-state index in [4.69, 9.17) is 0 Å². The molecule has 2 atom stereocenters. The second-order valence-electron chi connectivity index (χ2n) is 6.60. The minimum Gasteiger partial charge on any atom is -0.394 e. The second-order valence-corrected chi connectivity index (χ2v) is 6.60. The van der Waals surface area contributed by atoms with E-state index in [0.717, 1.165) is 25.4 Å². The summed E-state index contributed by atoms with van der Waals surface area (Å²) in [5.74, 6) is 0. The van der Waals surface area contributed by atoms with Crippen molar-refractivity contribution in [2.45, 2.75) is 56.7 Å². The number of rotatable bonds is 5. The molecule has 1 saturated carbocycles. The van der Waals surface area contributed by atoms with Gasteiger partial charge in [-0.25, -0.2) is 0 Å². The maximum atomic E-state index is 9.69. The van der Waals surface area contributed by atoms with Crippen molar-refractivity contribution in [1.29, 1.82) is 0 Å². The summed E-state index contributed by atoms with van der Waals surface area (Å²) in [5, 5.41) is 13.2. The van der Waals surface area contributed by atoms with Gasteiger partial charge < -0.3 is 20.2 Å². The smallest absolute Gasteiger partial charge is 0.0613 e. The zero-order valence-corrected chi connectivity index (χ0v) is 12.9. The monoisotopic (exact) mass is 269 g/mol. The molecule has 112 valence electrons. The topological polar surface area (TPSA) is 38.7 Å². The predicted molar refractivity (Wildman–Crippen MR) is 79.4 cm³/mol. The van der Waals surface area contributed by atoms with E-state index in [0.29, 0.717) is 6.04 Å². The molecule has 0 aromatic heterocycles. The summed E-state index contributed by atoms with van der Waals surface area (Å²) >= 11 is 0. The van der Waals surface area contributed by atoms with Crippen LogP contribution < -0.4 is 5.32 Å². The molecule has 0 radical (unpaired) electrons. The Bertz CT molecular complexity index is 277. The van der Waals surface area contributed by atoms with E-state index in [2.05, 4.69) is 36.1 Å². The fourth-order valence-electron chi connectivity index (χ4n) is 3.91. The molecule has 0 spiro atoms. The first-order valence-electron chi connectivity index (χ1n) is 7.86. The van der Waals surface area contributed by atoms with Crippen molar-refractivity contribution in [3.63, 3.8) is 0 Å². The number of likely N-dealkylation sites (tertiary alicyclic amines) is 1. The zero-order valence-electron chi connectivity index (χ0n) is 12.9. The van der Waals surface area contributed by atoms with Crippen molar-refractivity contribution in [2.75, 3.05) is 40.3 Å². The van der Waals surface area contributed by atoms with E-state index in [1.807, 2.05) is 0 Å². The number of nitrogens with zero attached hydrogens (tertiary/aromatic N) is 2. The molecule has 2 unspecified atom stereocenters. The SMILES string of the molecule is CCNC1(CO)CCC(N2CCC(N(C)C)CC2)C1. The Labute approximate surface area is 118 Å². The van der Waals surface area contributed by atoms with Gasteiger partial charge in [-0.1, -0.05) is 6.92 Å². The van der Waals surface area contributed by atoms with E-state index in [1.54, 1.807) is 0 Å². The molecular weight excluding hydrogens is 238 g/mol. The van der Waals surface area contributed by atoms with Crippen LogP contribution in [0.25, 0.3) is 0 Å². The van der Waals surface area contributed by atoms with Crippen LogP contribution in [0.15, 0.2) is 0 Å². The van der Waals surface area contributed by atoms with Gasteiger partial charge in [-0.3, -0.25) is 0 Å². The van der Waals surface area contributed by atoms with Crippen molar-refractivity contribution in [3.8, 4) is 0 Å². The fourth-order valence-corrected chi connectivity index (χ4v) is 3.91. The van der Waals surface area contributed by atoms with Gasteiger partial charge in [0.1, 0.15) is 0 Å². The van der Waals surface area contributed by atoms with E-state index < -0.39 is 0 Å². The third-order valence-corrected chi connectivity index (χ3v) is 5.18. The Morgan fingerprint density at radius 3 is 2.47 bits per heavy atom. The second kappa shape index (κ2) is 6.53. The van der Waals surface area contributed by atoms with E-state index in [-0.39, 0.29) is 12.1 Å². The highest BCUT2D eigenvalue weighted by Crippen LogP contribution is 2.34. The summed E-state index contributed by atoms with van der Waals surface area (Å²) in [6.07, 6.45) is 6.05. The Kier molecular flexibility index (Phi) is 5.23. The summed E-state index contributed by atoms with van der Waals surface area (Å²) in [7, 11) is 4.38. The number of likely N-dealkylation sites (N-methyl/N-ethyl adjacent to an activating group) is 1. The third-order valence-electron chi connectivity index (χ3n) is 5.18. The molecule has 2 N–H and O–H groups in total. The summed E-state index contributed by atoms with van der Waals surface area (Å²) in [6, 6.07) is 1.43. The van der Waals surface area contributed by atoms with Crippen molar-refractivity contribution < 1.29 is 5.11 Å². The lowest BCUT2D eigenvalue weighted by molar-refractivity contribution is 0.0986. The lowest BCUT2D eigenvalue weighted by Gasteiger charge is -2.39. The molecule has 1 heterocycles. The van der Waals surface area contributed by atoms with Gasteiger partial charge in [0.15, 0.2) is 0 Å². The largest absolute Gasteiger partial charge is 0.394 e. The normalized spacial score (nSPS) is 34.3. The highest BCUT2D eigenvalue weighted by Gasteiger charge is 2.40. The van der Waals surface area contributed by atoms with Crippen LogP contribution in [0.2, 0.25) is 0 Å². The van der Waals surface area contributed by atoms with E-state index >= 15 is 0 Å². The van der Waals surface area contributed by atoms with Gasteiger partial charge in [-0.15, -0.1) is 0 Å². The van der Waals surface area contributed by atoms with Crippen LogP contribution in [0.1, 0.15) is 39.0 Å². The zero-order chi connectivity index (χ0) is 13.9. The Balaban J connectivity index is 1.85. The van der Waals surface area contributed by atoms with Crippen LogP contribution >= 0.6 is 0 Å². The molecule has 0 amide bonds. The minimum absolute atomic E-state index is 0.00217. The molecular formula is C15H31N3O. The minimum atomic E-state index is -0.00217. The molecule has 2 aliphatic rings. The van der Waals surface area contributed by atoms with Gasteiger partial charge in [0.2, 0.25) is 0 Å². The summed E-state index contributed by atoms with van der Waals surface area (Å²) < 4.78 is 0. The Hall–Kier alpha value is -0.160. The lowest BCUT2D eigenvalue weighted by Crippen LogP contribution is -2.49. The van der Waals surface area contributed by atoms with Crippen molar-refractivity contribution in [1.82, 2.24) is 15.1 Å². The first-order chi connectivity index (χ1) is 9.10. The maximum Gasteiger partial charge on any atom is 0.0613 e. The number of hydrogen-bond donors (Lipinski definition) is 2. The number of aliphatic hydroxyl groups is 1. The quantitative estimate of drug-likeness (QED) is 0.778. The van der Waals surface area contributed by atoms with Gasteiger partial charge in [0.25, 0.3) is 0 Å². The Morgan fingerprint density at radius 2 is 1.95 bits per heavy atom. The predicted octanol–water partition coefficient (Wildman–Crippen LogP) is 0.906. The van der Waals surface area contributed by atoms with E-state index in [1.165, 1.54) is 32.4 Å². The molecule has 4 heteroatoms. The average Bonchev–Trinajstić information content (AvgIpc) is 2.84. The number of piperidine rings is 1. The molecule has 0 bridgehead atoms. The first kappa shape index (κ1) is 15.2. The van der Waals surface area contributed by atoms with Crippen LogP contribution in [0, 0.1) is 0 Å². The van der Waals surface area contributed by atoms with Gasteiger partial charge in [-0.05, 0) is 65.8 Å². The van der Waals surface area contributed by atoms with E-state index in [9.17, 15) is 5.11 Å². The van der Waals surface area contributed by atoms with Crippen molar-refractivity contribution in [3.05, 3.63) is 0 Å². The molecule has 19 heavy (non-hydrogen) atoms. The molecule has 2 rings (SSSR count). The number of aliphatic hydroxyl groups excluding tert-OH is 1. The Morgan fingerprint density at radius 1 is 1.26 bits per heavy atom. The van der Waals surface area contributed by atoms with Gasteiger partial charge in [0.05, 0.1) is 6.61 Å².